The monoisotopic (exact) mass is 855 g/mol. The summed E-state index contributed by atoms with van der Waals surface area (Å²) in [6, 6.07) is 61.5. The lowest BCUT2D eigenvalue weighted by Gasteiger charge is -2.12. The minimum absolute atomic E-state index is 0.154. The highest BCUT2D eigenvalue weighted by Crippen LogP contribution is 2.41. The van der Waals surface area contributed by atoms with Crippen molar-refractivity contribution in [2.24, 2.45) is 0 Å². The van der Waals surface area contributed by atoms with Crippen LogP contribution in [0.4, 0.5) is 8.78 Å². The van der Waals surface area contributed by atoms with Gasteiger partial charge in [0.1, 0.15) is 11.2 Å². The van der Waals surface area contributed by atoms with E-state index in [-0.39, 0.29) is 11.2 Å². The normalized spacial score (nSPS) is 12.1. The Hall–Kier alpha value is -8.95. The number of fused-ring (bicyclic) bond motifs is 12. The molecular formula is C57H31F2N5O2. The largest absolute Gasteiger partial charge is 0.452 e. The van der Waals surface area contributed by atoms with Crippen molar-refractivity contribution >= 4 is 87.5 Å². The number of hydrogen-bond acceptors (Lipinski definition) is 5. The number of para-hydroxylation sites is 7. The lowest BCUT2D eigenvalue weighted by Crippen LogP contribution is -2.06. The van der Waals surface area contributed by atoms with Crippen LogP contribution in [-0.2, 0) is 0 Å². The summed E-state index contributed by atoms with van der Waals surface area (Å²) in [6.45, 7) is 0. The fraction of sp³-hybridized carbons (Fsp3) is 0. The van der Waals surface area contributed by atoms with Crippen LogP contribution in [0.15, 0.2) is 197 Å². The highest BCUT2D eigenvalue weighted by molar-refractivity contribution is 6.14. The molecule has 0 amide bonds. The molecule has 5 aromatic heterocycles. The molecule has 0 saturated carbocycles. The molecule has 0 aliphatic rings. The van der Waals surface area contributed by atoms with Gasteiger partial charge in [-0.1, -0.05) is 121 Å². The van der Waals surface area contributed by atoms with E-state index < -0.39 is 11.6 Å². The molecule has 5 heterocycles. The predicted molar refractivity (Wildman–Crippen MR) is 259 cm³/mol. The Morgan fingerprint density at radius 1 is 0.333 bits per heavy atom. The van der Waals surface area contributed by atoms with Gasteiger partial charge in [0.05, 0.1) is 33.2 Å². The Morgan fingerprint density at radius 3 is 1.44 bits per heavy atom. The molecule has 0 aliphatic carbocycles. The van der Waals surface area contributed by atoms with E-state index in [1.165, 1.54) is 17.5 Å². The second-order valence-corrected chi connectivity index (χ2v) is 16.6. The minimum atomic E-state index is -0.461. The van der Waals surface area contributed by atoms with E-state index >= 15 is 8.78 Å². The van der Waals surface area contributed by atoms with Crippen molar-refractivity contribution in [2.75, 3.05) is 0 Å². The third-order valence-electron chi connectivity index (χ3n) is 13.0. The van der Waals surface area contributed by atoms with Crippen molar-refractivity contribution in [2.45, 2.75) is 0 Å². The summed E-state index contributed by atoms with van der Waals surface area (Å²) in [5.74, 6) is 0.0389. The minimum Gasteiger partial charge on any atom is -0.452 e. The molecule has 7 nitrogen and oxygen atoms in total. The molecule has 9 aromatic carbocycles. The topological polar surface area (TPSA) is 74.8 Å². The SMILES string of the molecule is Fc1cccc2c1oc1c(-c3nc(-c4cccc5c4oc4c(F)cccc45)nc(-n4c5ccccc5c5ccc(-c6ccc7c(c6)c6ccccc6n7-c6ccccc6)cc54)n3)cccc12. The van der Waals surface area contributed by atoms with Gasteiger partial charge in [-0.15, -0.1) is 0 Å². The number of benzene rings is 9. The van der Waals surface area contributed by atoms with Gasteiger partial charge in [0.25, 0.3) is 0 Å². The lowest BCUT2D eigenvalue weighted by molar-refractivity contribution is 0.584. The zero-order valence-electron chi connectivity index (χ0n) is 34.7. The zero-order valence-corrected chi connectivity index (χ0v) is 34.7. The van der Waals surface area contributed by atoms with Crippen molar-refractivity contribution in [1.29, 1.82) is 0 Å². The number of hydrogen-bond donors (Lipinski definition) is 0. The fourth-order valence-electron chi connectivity index (χ4n) is 10.0. The molecule has 14 rings (SSSR count). The first-order valence-corrected chi connectivity index (χ1v) is 21.6. The molecule has 0 N–H and O–H groups in total. The summed E-state index contributed by atoms with van der Waals surface area (Å²) in [5, 5.41) is 7.11. The number of aromatic nitrogens is 5. The highest BCUT2D eigenvalue weighted by Gasteiger charge is 2.24. The molecule has 9 heteroatoms. The third kappa shape index (κ3) is 5.25. The van der Waals surface area contributed by atoms with Gasteiger partial charge in [-0.3, -0.25) is 4.57 Å². The summed E-state index contributed by atoms with van der Waals surface area (Å²) in [7, 11) is 0. The summed E-state index contributed by atoms with van der Waals surface area (Å²) in [5.41, 5.74) is 9.52. The van der Waals surface area contributed by atoms with E-state index in [4.69, 9.17) is 23.8 Å². The smallest absolute Gasteiger partial charge is 0.238 e. The highest BCUT2D eigenvalue weighted by atomic mass is 19.1. The van der Waals surface area contributed by atoms with Crippen LogP contribution in [0.1, 0.15) is 0 Å². The summed E-state index contributed by atoms with van der Waals surface area (Å²) < 4.78 is 47.5. The number of rotatable bonds is 5. The van der Waals surface area contributed by atoms with Crippen molar-refractivity contribution in [3.63, 3.8) is 0 Å². The average Bonchev–Trinajstić information content (AvgIpc) is 4.13. The van der Waals surface area contributed by atoms with Crippen LogP contribution in [0.2, 0.25) is 0 Å². The predicted octanol–water partition coefficient (Wildman–Crippen LogP) is 15.1. The van der Waals surface area contributed by atoms with Crippen LogP contribution in [-0.4, -0.2) is 24.1 Å². The Bertz CT molecular complexity index is 4200. The maximum atomic E-state index is 15.3. The van der Waals surface area contributed by atoms with Crippen LogP contribution < -0.4 is 0 Å². The quantitative estimate of drug-likeness (QED) is 0.172. The zero-order chi connectivity index (χ0) is 43.6. The average molecular weight is 856 g/mol. The third-order valence-corrected chi connectivity index (χ3v) is 13.0. The van der Waals surface area contributed by atoms with Crippen molar-refractivity contribution in [3.8, 4) is 45.5 Å². The Balaban J connectivity index is 1.03. The van der Waals surface area contributed by atoms with Gasteiger partial charge in [-0.25, -0.2) is 13.8 Å². The van der Waals surface area contributed by atoms with Crippen LogP contribution in [0.25, 0.3) is 133 Å². The molecule has 0 radical (unpaired) electrons. The fourth-order valence-corrected chi connectivity index (χ4v) is 10.0. The van der Waals surface area contributed by atoms with Crippen molar-refractivity contribution in [1.82, 2.24) is 24.1 Å². The van der Waals surface area contributed by atoms with Gasteiger partial charge in [-0.2, -0.15) is 9.97 Å². The number of furan rings is 2. The Labute approximate surface area is 373 Å². The van der Waals surface area contributed by atoms with E-state index in [1.807, 2.05) is 66.7 Å². The molecule has 66 heavy (non-hydrogen) atoms. The van der Waals surface area contributed by atoms with E-state index in [2.05, 4.69) is 106 Å². The molecule has 0 aliphatic heterocycles. The summed E-state index contributed by atoms with van der Waals surface area (Å²) in [6.07, 6.45) is 0. The molecule has 0 saturated heterocycles. The van der Waals surface area contributed by atoms with Crippen LogP contribution in [0, 0.1) is 11.6 Å². The van der Waals surface area contributed by atoms with Gasteiger partial charge < -0.3 is 13.4 Å². The number of halogens is 2. The molecule has 0 spiro atoms. The van der Waals surface area contributed by atoms with E-state index in [0.29, 0.717) is 50.7 Å². The first-order valence-electron chi connectivity index (χ1n) is 21.6. The lowest BCUT2D eigenvalue weighted by atomic mass is 10.0. The molecule has 0 bridgehead atoms. The van der Waals surface area contributed by atoms with Crippen LogP contribution in [0.3, 0.4) is 0 Å². The van der Waals surface area contributed by atoms with Crippen LogP contribution >= 0.6 is 0 Å². The van der Waals surface area contributed by atoms with Crippen molar-refractivity contribution in [3.05, 3.63) is 200 Å². The maximum Gasteiger partial charge on any atom is 0.238 e. The maximum absolute atomic E-state index is 15.3. The number of nitrogens with zero attached hydrogens (tertiary/aromatic N) is 5. The van der Waals surface area contributed by atoms with Gasteiger partial charge >= 0.3 is 0 Å². The van der Waals surface area contributed by atoms with Gasteiger partial charge in [0.2, 0.25) is 5.95 Å². The first kappa shape index (κ1) is 36.5. The summed E-state index contributed by atoms with van der Waals surface area (Å²) >= 11 is 0. The van der Waals surface area contributed by atoms with Crippen LogP contribution in [0.5, 0.6) is 0 Å². The van der Waals surface area contributed by atoms with E-state index in [0.717, 1.165) is 65.8 Å². The van der Waals surface area contributed by atoms with Gasteiger partial charge in [0.15, 0.2) is 34.4 Å². The van der Waals surface area contributed by atoms with E-state index in [9.17, 15) is 0 Å². The second-order valence-electron chi connectivity index (χ2n) is 16.6. The molecule has 0 atom stereocenters. The molecule has 14 aromatic rings. The first-order chi connectivity index (χ1) is 32.6. The molecule has 0 unspecified atom stereocenters. The Morgan fingerprint density at radius 2 is 0.803 bits per heavy atom. The van der Waals surface area contributed by atoms with Crippen molar-refractivity contribution < 1.29 is 17.6 Å². The molecule has 310 valence electrons. The van der Waals surface area contributed by atoms with Gasteiger partial charge in [0, 0.05) is 48.8 Å². The van der Waals surface area contributed by atoms with Gasteiger partial charge in [-0.05, 0) is 77.9 Å². The Kier molecular flexibility index (Phi) is 7.62. The second kappa shape index (κ2) is 13.8. The molecule has 0 fully saturated rings. The van der Waals surface area contributed by atoms with E-state index in [1.54, 1.807) is 12.1 Å². The molecular weight excluding hydrogens is 825 g/mol. The standard InChI is InChI=1S/C57H31F2N5O2/c58-45-22-10-18-40-38-16-8-20-42(51(38)65-53(40)45)55-60-56(43-21-9-17-39-41-19-11-23-46(59)54(41)66-52(39)43)62-57(61-55)64-48-25-7-4-14-35(48)37-28-26-33(31-50(37)64)32-27-29-49-44(30-32)36-15-5-6-24-47(36)63(49)34-12-2-1-3-13-34/h1-31H. The summed E-state index contributed by atoms with van der Waals surface area (Å²) in [4.78, 5) is 15.6.